The Labute approximate surface area is 119 Å². The van der Waals surface area contributed by atoms with E-state index in [-0.39, 0.29) is 6.04 Å². The Balaban J connectivity index is 1.68. The fourth-order valence-corrected chi connectivity index (χ4v) is 3.43. The Morgan fingerprint density at radius 2 is 1.50 bits per heavy atom. The molecule has 2 aromatic carbocycles. The van der Waals surface area contributed by atoms with Crippen LogP contribution in [0.3, 0.4) is 0 Å². The summed E-state index contributed by atoms with van der Waals surface area (Å²) in [5.41, 5.74) is 4.82. The first-order chi connectivity index (χ1) is 9.77. The maximum absolute atomic E-state index is 10.3. The van der Waals surface area contributed by atoms with Gasteiger partial charge in [0.2, 0.25) is 0 Å². The molecule has 102 valence electrons. The molecule has 4 rings (SSSR count). The molecule has 0 atom stereocenters. The van der Waals surface area contributed by atoms with Crippen LogP contribution in [0.1, 0.15) is 36.4 Å². The SMILES string of the molecule is OC1(CNC2c3ccccc3-c3ccccc32)CCC1. The van der Waals surface area contributed by atoms with E-state index in [9.17, 15) is 5.11 Å². The van der Waals surface area contributed by atoms with Crippen LogP contribution in [0, 0.1) is 0 Å². The minimum absolute atomic E-state index is 0.215. The quantitative estimate of drug-likeness (QED) is 0.892. The van der Waals surface area contributed by atoms with Crippen LogP contribution in [0.5, 0.6) is 0 Å². The minimum atomic E-state index is -0.480. The van der Waals surface area contributed by atoms with Crippen LogP contribution >= 0.6 is 0 Å². The third kappa shape index (κ3) is 1.80. The monoisotopic (exact) mass is 265 g/mol. The van der Waals surface area contributed by atoms with Gasteiger partial charge in [0.1, 0.15) is 0 Å². The fraction of sp³-hybridized carbons (Fsp3) is 0.333. The van der Waals surface area contributed by atoms with Crippen LogP contribution < -0.4 is 5.32 Å². The Bertz CT molecular complexity index is 600. The molecular weight excluding hydrogens is 246 g/mol. The molecule has 0 saturated heterocycles. The van der Waals surface area contributed by atoms with Crippen molar-refractivity contribution in [2.45, 2.75) is 30.9 Å². The Kier molecular flexibility index (Phi) is 2.69. The third-order valence-electron chi connectivity index (χ3n) is 4.75. The van der Waals surface area contributed by atoms with Crippen LogP contribution in [0.4, 0.5) is 0 Å². The van der Waals surface area contributed by atoms with Crippen molar-refractivity contribution in [1.82, 2.24) is 5.32 Å². The standard InChI is InChI=1S/C18H19NO/c20-18(10-5-11-18)12-19-17-15-8-3-1-6-13(15)14-7-2-4-9-16(14)17/h1-4,6-9,17,19-20H,5,10-12H2. The molecule has 0 aromatic heterocycles. The largest absolute Gasteiger partial charge is 0.389 e. The van der Waals surface area contributed by atoms with E-state index in [0.29, 0.717) is 6.54 Å². The average molecular weight is 265 g/mol. The molecular formula is C18H19NO. The second-order valence-corrected chi connectivity index (χ2v) is 6.07. The van der Waals surface area contributed by atoms with Gasteiger partial charge in [-0.2, -0.15) is 0 Å². The molecule has 1 saturated carbocycles. The molecule has 0 amide bonds. The number of aliphatic hydroxyl groups is 1. The molecule has 2 aliphatic carbocycles. The summed E-state index contributed by atoms with van der Waals surface area (Å²) in [6, 6.07) is 17.4. The predicted molar refractivity (Wildman–Crippen MR) is 80.5 cm³/mol. The first kappa shape index (κ1) is 12.1. The molecule has 1 fully saturated rings. The van der Waals surface area contributed by atoms with Crippen LogP contribution in [-0.2, 0) is 0 Å². The molecule has 2 nitrogen and oxygen atoms in total. The molecule has 2 aromatic rings. The third-order valence-corrected chi connectivity index (χ3v) is 4.75. The van der Waals surface area contributed by atoms with Gasteiger partial charge in [0.25, 0.3) is 0 Å². The van der Waals surface area contributed by atoms with Gasteiger partial charge < -0.3 is 10.4 Å². The van der Waals surface area contributed by atoms with Gasteiger partial charge in [-0.3, -0.25) is 0 Å². The molecule has 0 bridgehead atoms. The van der Waals surface area contributed by atoms with E-state index in [2.05, 4.69) is 53.8 Å². The van der Waals surface area contributed by atoms with Crippen molar-refractivity contribution < 1.29 is 5.11 Å². The number of benzene rings is 2. The summed E-state index contributed by atoms with van der Waals surface area (Å²) in [6.07, 6.45) is 3.00. The van der Waals surface area contributed by atoms with Crippen molar-refractivity contribution in [2.24, 2.45) is 0 Å². The smallest absolute Gasteiger partial charge is 0.0771 e. The molecule has 0 heterocycles. The molecule has 2 aliphatic rings. The van der Waals surface area contributed by atoms with E-state index < -0.39 is 5.60 Å². The van der Waals surface area contributed by atoms with Crippen molar-refractivity contribution in [1.29, 1.82) is 0 Å². The Morgan fingerprint density at radius 1 is 0.950 bits per heavy atom. The van der Waals surface area contributed by atoms with Gasteiger partial charge in [-0.1, -0.05) is 48.5 Å². The van der Waals surface area contributed by atoms with E-state index in [4.69, 9.17) is 0 Å². The highest BCUT2D eigenvalue weighted by molar-refractivity contribution is 5.78. The van der Waals surface area contributed by atoms with Crippen molar-refractivity contribution in [3.8, 4) is 11.1 Å². The van der Waals surface area contributed by atoms with E-state index in [1.54, 1.807) is 0 Å². The van der Waals surface area contributed by atoms with Gasteiger partial charge >= 0.3 is 0 Å². The Hall–Kier alpha value is -1.64. The first-order valence-electron chi connectivity index (χ1n) is 7.41. The van der Waals surface area contributed by atoms with Crippen molar-refractivity contribution in [3.05, 3.63) is 59.7 Å². The van der Waals surface area contributed by atoms with Crippen molar-refractivity contribution in [2.75, 3.05) is 6.54 Å². The van der Waals surface area contributed by atoms with E-state index in [0.717, 1.165) is 19.3 Å². The highest BCUT2D eigenvalue weighted by atomic mass is 16.3. The van der Waals surface area contributed by atoms with E-state index in [1.165, 1.54) is 22.3 Å². The zero-order chi connectivity index (χ0) is 13.6. The van der Waals surface area contributed by atoms with E-state index in [1.807, 2.05) is 0 Å². The summed E-state index contributed by atoms with van der Waals surface area (Å²) in [4.78, 5) is 0. The van der Waals surface area contributed by atoms with Gasteiger partial charge in [-0.25, -0.2) is 0 Å². The summed E-state index contributed by atoms with van der Waals surface area (Å²) in [7, 11) is 0. The number of hydrogen-bond acceptors (Lipinski definition) is 2. The van der Waals surface area contributed by atoms with Crippen LogP contribution in [-0.4, -0.2) is 17.3 Å². The van der Waals surface area contributed by atoms with Crippen molar-refractivity contribution >= 4 is 0 Å². The summed E-state index contributed by atoms with van der Waals surface area (Å²) < 4.78 is 0. The van der Waals surface area contributed by atoms with Gasteiger partial charge in [0, 0.05) is 6.54 Å². The lowest BCUT2D eigenvalue weighted by Crippen LogP contribution is -2.47. The van der Waals surface area contributed by atoms with Crippen molar-refractivity contribution in [3.63, 3.8) is 0 Å². The molecule has 0 aliphatic heterocycles. The highest BCUT2D eigenvalue weighted by Gasteiger charge is 2.36. The molecule has 20 heavy (non-hydrogen) atoms. The molecule has 0 unspecified atom stereocenters. The normalized spacial score (nSPS) is 19.2. The summed E-state index contributed by atoms with van der Waals surface area (Å²) in [5, 5.41) is 13.9. The molecule has 2 N–H and O–H groups in total. The topological polar surface area (TPSA) is 32.3 Å². The van der Waals surface area contributed by atoms with Crippen LogP contribution in [0.25, 0.3) is 11.1 Å². The van der Waals surface area contributed by atoms with Gasteiger partial charge in [0.05, 0.1) is 11.6 Å². The highest BCUT2D eigenvalue weighted by Crippen LogP contribution is 2.43. The van der Waals surface area contributed by atoms with Gasteiger partial charge in [-0.15, -0.1) is 0 Å². The second kappa shape index (κ2) is 4.44. The second-order valence-electron chi connectivity index (χ2n) is 6.07. The summed E-state index contributed by atoms with van der Waals surface area (Å²) >= 11 is 0. The lowest BCUT2D eigenvalue weighted by atomic mass is 9.80. The maximum Gasteiger partial charge on any atom is 0.0771 e. The molecule has 0 spiro atoms. The number of fused-ring (bicyclic) bond motifs is 3. The summed E-state index contributed by atoms with van der Waals surface area (Å²) in [6.45, 7) is 0.681. The summed E-state index contributed by atoms with van der Waals surface area (Å²) in [5.74, 6) is 0. The number of nitrogens with one attached hydrogen (secondary N) is 1. The predicted octanol–water partition coefficient (Wildman–Crippen LogP) is 3.26. The zero-order valence-corrected chi connectivity index (χ0v) is 11.5. The Morgan fingerprint density at radius 3 is 2.00 bits per heavy atom. The number of rotatable bonds is 3. The molecule has 0 radical (unpaired) electrons. The van der Waals surface area contributed by atoms with Crippen LogP contribution in [0.15, 0.2) is 48.5 Å². The average Bonchev–Trinajstić information content (AvgIpc) is 2.78. The lowest BCUT2D eigenvalue weighted by Gasteiger charge is -2.37. The lowest BCUT2D eigenvalue weighted by molar-refractivity contribution is -0.0324. The van der Waals surface area contributed by atoms with Gasteiger partial charge in [0.15, 0.2) is 0 Å². The fourth-order valence-electron chi connectivity index (χ4n) is 3.43. The molecule has 2 heteroatoms. The first-order valence-corrected chi connectivity index (χ1v) is 7.41. The minimum Gasteiger partial charge on any atom is -0.389 e. The van der Waals surface area contributed by atoms with E-state index >= 15 is 0 Å². The maximum atomic E-state index is 10.3. The van der Waals surface area contributed by atoms with Gasteiger partial charge in [-0.05, 0) is 41.5 Å². The zero-order valence-electron chi connectivity index (χ0n) is 11.5. The number of hydrogen-bond donors (Lipinski definition) is 2. The van der Waals surface area contributed by atoms with Crippen LogP contribution in [0.2, 0.25) is 0 Å².